The average molecular weight is 222 g/mol. The molecule has 0 saturated carbocycles. The molecule has 84 valence electrons. The molecule has 1 amide bonds. The summed E-state index contributed by atoms with van der Waals surface area (Å²) in [5, 5.41) is 12.7. The van der Waals surface area contributed by atoms with Crippen LogP contribution in [0.25, 0.3) is 0 Å². The Labute approximate surface area is 91.4 Å². The number of Topliss-reactive ketones (excluding diaryl/α,β-unsaturated/α-hetero) is 1. The van der Waals surface area contributed by atoms with Gasteiger partial charge in [-0.2, -0.15) is 0 Å². The number of hydrogen-bond acceptors (Lipinski definition) is 4. The monoisotopic (exact) mass is 222 g/mol. The SMILES string of the molecule is CC(=O)Nc1cccc(C(=O)C[N+](=O)[O-])c1. The fourth-order valence-electron chi connectivity index (χ4n) is 1.18. The average Bonchev–Trinajstić information content (AvgIpc) is 2.16. The van der Waals surface area contributed by atoms with Crippen LogP contribution in [0.4, 0.5) is 5.69 Å². The fourth-order valence-corrected chi connectivity index (χ4v) is 1.18. The fraction of sp³-hybridized carbons (Fsp3) is 0.200. The van der Waals surface area contributed by atoms with Gasteiger partial charge in [-0.25, -0.2) is 0 Å². The molecule has 0 saturated heterocycles. The van der Waals surface area contributed by atoms with Gasteiger partial charge in [-0.05, 0) is 12.1 Å². The molecular formula is C10H10N2O4. The van der Waals surface area contributed by atoms with Gasteiger partial charge in [0.1, 0.15) is 0 Å². The van der Waals surface area contributed by atoms with Crippen molar-refractivity contribution in [2.24, 2.45) is 0 Å². The van der Waals surface area contributed by atoms with E-state index in [0.29, 0.717) is 5.69 Å². The molecule has 0 aliphatic heterocycles. The zero-order valence-electron chi connectivity index (χ0n) is 8.60. The molecule has 0 aliphatic carbocycles. The standard InChI is InChI=1S/C10H10N2O4/c1-7(13)11-9-4-2-3-8(5-9)10(14)6-12(15)16/h2-5H,6H2,1H3,(H,11,13). The van der Waals surface area contributed by atoms with E-state index in [1.807, 2.05) is 0 Å². The smallest absolute Gasteiger partial charge is 0.265 e. The number of amides is 1. The minimum atomic E-state index is -0.747. The quantitative estimate of drug-likeness (QED) is 0.469. The Kier molecular flexibility index (Phi) is 3.71. The number of carbonyl (C=O) groups excluding carboxylic acids is 2. The van der Waals surface area contributed by atoms with Gasteiger partial charge in [0.25, 0.3) is 6.54 Å². The Morgan fingerprint density at radius 2 is 2.12 bits per heavy atom. The third-order valence-corrected chi connectivity index (χ3v) is 1.78. The minimum Gasteiger partial charge on any atom is -0.326 e. The summed E-state index contributed by atoms with van der Waals surface area (Å²) in [6.07, 6.45) is 0. The van der Waals surface area contributed by atoms with Crippen molar-refractivity contribution in [2.75, 3.05) is 11.9 Å². The first-order chi connectivity index (χ1) is 7.49. The summed E-state index contributed by atoms with van der Waals surface area (Å²) in [5.41, 5.74) is 0.657. The Balaban J connectivity index is 2.85. The van der Waals surface area contributed by atoms with Crippen molar-refractivity contribution in [3.63, 3.8) is 0 Å². The van der Waals surface area contributed by atoms with Gasteiger partial charge >= 0.3 is 0 Å². The molecule has 0 aromatic heterocycles. The molecule has 1 rings (SSSR count). The Hall–Kier alpha value is -2.24. The maximum Gasteiger partial charge on any atom is 0.265 e. The van der Waals surface area contributed by atoms with Crippen LogP contribution < -0.4 is 5.32 Å². The third-order valence-electron chi connectivity index (χ3n) is 1.78. The number of hydrogen-bond donors (Lipinski definition) is 1. The van der Waals surface area contributed by atoms with E-state index in [9.17, 15) is 19.7 Å². The molecule has 0 radical (unpaired) electrons. The van der Waals surface area contributed by atoms with Crippen LogP contribution in [0.1, 0.15) is 17.3 Å². The highest BCUT2D eigenvalue weighted by Gasteiger charge is 2.12. The predicted molar refractivity (Wildman–Crippen MR) is 56.9 cm³/mol. The van der Waals surface area contributed by atoms with Gasteiger partial charge in [-0.3, -0.25) is 19.7 Å². The van der Waals surface area contributed by atoms with E-state index in [4.69, 9.17) is 0 Å². The molecule has 0 aliphatic rings. The van der Waals surface area contributed by atoms with Crippen molar-refractivity contribution >= 4 is 17.4 Å². The number of anilines is 1. The van der Waals surface area contributed by atoms with Gasteiger partial charge in [0.15, 0.2) is 0 Å². The van der Waals surface area contributed by atoms with E-state index in [1.54, 1.807) is 12.1 Å². The molecule has 6 heteroatoms. The number of nitrogens with zero attached hydrogens (tertiary/aromatic N) is 1. The van der Waals surface area contributed by atoms with E-state index in [0.717, 1.165) is 0 Å². The number of nitro groups is 1. The lowest BCUT2D eigenvalue weighted by Gasteiger charge is -2.03. The van der Waals surface area contributed by atoms with E-state index < -0.39 is 17.3 Å². The molecule has 6 nitrogen and oxygen atoms in total. The number of carbonyl (C=O) groups is 2. The highest BCUT2D eigenvalue weighted by atomic mass is 16.6. The van der Waals surface area contributed by atoms with E-state index in [1.165, 1.54) is 19.1 Å². The minimum absolute atomic E-state index is 0.211. The van der Waals surface area contributed by atoms with Crippen molar-refractivity contribution in [1.29, 1.82) is 0 Å². The molecule has 16 heavy (non-hydrogen) atoms. The summed E-state index contributed by atoms with van der Waals surface area (Å²) in [5.74, 6) is -0.851. The summed E-state index contributed by atoms with van der Waals surface area (Å²) in [6.45, 7) is 0.592. The Morgan fingerprint density at radius 3 is 2.69 bits per heavy atom. The van der Waals surface area contributed by atoms with Crippen molar-refractivity contribution in [3.05, 3.63) is 39.9 Å². The molecule has 0 heterocycles. The molecule has 1 N–H and O–H groups in total. The number of nitrogens with one attached hydrogen (secondary N) is 1. The molecular weight excluding hydrogens is 212 g/mol. The maximum absolute atomic E-state index is 11.3. The summed E-state index contributed by atoms with van der Waals surface area (Å²) >= 11 is 0. The lowest BCUT2D eigenvalue weighted by Crippen LogP contribution is -2.14. The van der Waals surface area contributed by atoms with Crippen LogP contribution in [0.2, 0.25) is 0 Å². The first-order valence-corrected chi connectivity index (χ1v) is 4.51. The number of rotatable bonds is 4. The van der Waals surface area contributed by atoms with Crippen LogP contribution >= 0.6 is 0 Å². The summed E-state index contributed by atoms with van der Waals surface area (Å²) in [6, 6.07) is 6.03. The molecule has 1 aromatic rings. The van der Waals surface area contributed by atoms with Crippen LogP contribution in [0.3, 0.4) is 0 Å². The summed E-state index contributed by atoms with van der Waals surface area (Å²) in [4.78, 5) is 31.6. The molecule has 0 bridgehead atoms. The molecule has 0 atom stereocenters. The van der Waals surface area contributed by atoms with Crippen molar-refractivity contribution in [1.82, 2.24) is 0 Å². The van der Waals surface area contributed by atoms with Crippen molar-refractivity contribution in [3.8, 4) is 0 Å². The Morgan fingerprint density at radius 1 is 1.44 bits per heavy atom. The lowest BCUT2D eigenvalue weighted by molar-refractivity contribution is -0.465. The van der Waals surface area contributed by atoms with Gasteiger partial charge in [0.2, 0.25) is 11.7 Å². The lowest BCUT2D eigenvalue weighted by atomic mass is 10.1. The van der Waals surface area contributed by atoms with Gasteiger partial charge in [0, 0.05) is 23.1 Å². The molecule has 0 spiro atoms. The second-order valence-electron chi connectivity index (χ2n) is 3.18. The van der Waals surface area contributed by atoms with Gasteiger partial charge < -0.3 is 5.32 Å². The van der Waals surface area contributed by atoms with Crippen LogP contribution in [-0.4, -0.2) is 23.2 Å². The maximum atomic E-state index is 11.3. The van der Waals surface area contributed by atoms with E-state index in [2.05, 4.69) is 5.32 Å². The number of ketones is 1. The van der Waals surface area contributed by atoms with Crippen LogP contribution in [0.15, 0.2) is 24.3 Å². The Bertz CT molecular complexity index is 442. The summed E-state index contributed by atoms with van der Waals surface area (Å²) in [7, 11) is 0. The third kappa shape index (κ3) is 3.49. The second kappa shape index (κ2) is 5.01. The van der Waals surface area contributed by atoms with Crippen LogP contribution in [0, 0.1) is 10.1 Å². The van der Waals surface area contributed by atoms with Crippen LogP contribution in [-0.2, 0) is 4.79 Å². The van der Waals surface area contributed by atoms with Gasteiger partial charge in [0.05, 0.1) is 0 Å². The first-order valence-electron chi connectivity index (χ1n) is 4.51. The highest BCUT2D eigenvalue weighted by molar-refractivity contribution is 5.98. The normalized spacial score (nSPS) is 9.56. The summed E-state index contributed by atoms with van der Waals surface area (Å²) < 4.78 is 0. The zero-order valence-corrected chi connectivity index (χ0v) is 8.60. The topological polar surface area (TPSA) is 89.3 Å². The molecule has 0 unspecified atom stereocenters. The van der Waals surface area contributed by atoms with Crippen molar-refractivity contribution < 1.29 is 14.5 Å². The second-order valence-corrected chi connectivity index (χ2v) is 3.18. The first kappa shape index (κ1) is 11.8. The number of benzene rings is 1. The van der Waals surface area contributed by atoms with Crippen LogP contribution in [0.5, 0.6) is 0 Å². The van der Waals surface area contributed by atoms with Gasteiger partial charge in [-0.15, -0.1) is 0 Å². The van der Waals surface area contributed by atoms with E-state index in [-0.39, 0.29) is 11.5 Å². The highest BCUT2D eigenvalue weighted by Crippen LogP contribution is 2.11. The van der Waals surface area contributed by atoms with Gasteiger partial charge in [-0.1, -0.05) is 12.1 Å². The zero-order chi connectivity index (χ0) is 12.1. The molecule has 0 fully saturated rings. The predicted octanol–water partition coefficient (Wildman–Crippen LogP) is 1.10. The van der Waals surface area contributed by atoms with E-state index >= 15 is 0 Å². The van der Waals surface area contributed by atoms with Crippen molar-refractivity contribution in [2.45, 2.75) is 6.92 Å². The largest absolute Gasteiger partial charge is 0.326 e. The molecule has 1 aromatic carbocycles.